The first-order valence-electron chi connectivity index (χ1n) is 12.3. The summed E-state index contributed by atoms with van der Waals surface area (Å²) in [5, 5.41) is 3.07. The summed E-state index contributed by atoms with van der Waals surface area (Å²) in [5.41, 5.74) is 0.932. The number of rotatable bonds is 9. The van der Waals surface area contributed by atoms with Crippen molar-refractivity contribution < 1.29 is 27.1 Å². The number of aryl methyl sites for hydroxylation is 1. The number of nitrogens with one attached hydrogen (secondary N) is 1. The Morgan fingerprint density at radius 1 is 1.18 bits per heavy atom. The van der Waals surface area contributed by atoms with Crippen molar-refractivity contribution in [1.29, 1.82) is 0 Å². The van der Waals surface area contributed by atoms with Gasteiger partial charge in [-0.25, -0.2) is 27.3 Å². The van der Waals surface area contributed by atoms with Gasteiger partial charge in [-0.05, 0) is 48.7 Å². The quantitative estimate of drug-likeness (QED) is 0.234. The van der Waals surface area contributed by atoms with Gasteiger partial charge in [-0.15, -0.1) is 0 Å². The molecule has 11 heteroatoms. The summed E-state index contributed by atoms with van der Waals surface area (Å²) in [5.74, 6) is -2.50. The number of unbranched alkanes of at least 4 members (excludes halogenated alkanes) is 2. The minimum absolute atomic E-state index is 0.0519. The Balaban J connectivity index is 1.67. The van der Waals surface area contributed by atoms with Crippen LogP contribution >= 0.6 is 0 Å². The van der Waals surface area contributed by atoms with Crippen LogP contribution in [0.25, 0.3) is 5.76 Å². The predicted octanol–water partition coefficient (Wildman–Crippen LogP) is 6.31. The van der Waals surface area contributed by atoms with Gasteiger partial charge in [0.15, 0.2) is 11.6 Å². The van der Waals surface area contributed by atoms with Crippen molar-refractivity contribution in [3.05, 3.63) is 70.5 Å². The summed E-state index contributed by atoms with van der Waals surface area (Å²) in [4.78, 5) is 23.9. The van der Waals surface area contributed by atoms with E-state index in [9.17, 15) is 22.4 Å². The normalized spacial score (nSPS) is 16.8. The molecule has 0 spiro atoms. The molecule has 0 bridgehead atoms. The first-order valence-corrected chi connectivity index (χ1v) is 12.3. The summed E-state index contributed by atoms with van der Waals surface area (Å²) in [6, 6.07) is 3.72. The molecular weight excluding hydrogens is 502 g/mol. The van der Waals surface area contributed by atoms with Crippen LogP contribution in [0.3, 0.4) is 0 Å². The zero-order chi connectivity index (χ0) is 27.6. The van der Waals surface area contributed by atoms with E-state index in [1.165, 1.54) is 30.1 Å². The predicted molar refractivity (Wildman–Crippen MR) is 138 cm³/mol. The third-order valence-corrected chi connectivity index (χ3v) is 6.49. The maximum absolute atomic E-state index is 14.8. The molecule has 2 aliphatic heterocycles. The molecule has 1 unspecified atom stereocenters. The minimum atomic E-state index is -1.25. The van der Waals surface area contributed by atoms with Crippen molar-refractivity contribution in [1.82, 2.24) is 9.80 Å². The fourth-order valence-corrected chi connectivity index (χ4v) is 4.35. The Morgan fingerprint density at radius 2 is 1.95 bits per heavy atom. The lowest BCUT2D eigenvalue weighted by molar-refractivity contribution is 0.230. The summed E-state index contributed by atoms with van der Waals surface area (Å²) in [7, 11) is 1.48. The average molecular weight is 532 g/mol. The van der Waals surface area contributed by atoms with Gasteiger partial charge < -0.3 is 10.1 Å². The number of fused-ring (bicyclic) bond motifs is 1. The molecule has 0 radical (unpaired) electrons. The summed E-state index contributed by atoms with van der Waals surface area (Å²) in [6.45, 7) is 6.90. The molecule has 0 saturated carbocycles. The molecule has 1 atom stereocenters. The number of hydrogen-bond donors (Lipinski definition) is 1. The van der Waals surface area contributed by atoms with E-state index < -0.39 is 41.8 Å². The van der Waals surface area contributed by atoms with Crippen molar-refractivity contribution in [3.8, 4) is 0 Å². The van der Waals surface area contributed by atoms with Crippen LogP contribution in [0.15, 0.2) is 40.8 Å². The molecule has 0 fully saturated rings. The Kier molecular flexibility index (Phi) is 8.03. The van der Waals surface area contributed by atoms with Gasteiger partial charge in [-0.1, -0.05) is 26.3 Å². The molecule has 2 heterocycles. The number of alkyl halides is 1. The standard InChI is InChI=1S/C27H29F4N5O2/c1-5-6-7-8-38-16(3)19-12-22(15(2)9-20(19)29)33-25-34-27(37)35(4)26-32-14-23(36(25)26)17-10-18(13-28)24(31)21(30)11-17/h9-12,23H,3,5-8,13-14H2,1-2,4H3,(H,33,34,37). The van der Waals surface area contributed by atoms with E-state index in [1.54, 1.807) is 11.8 Å². The molecule has 2 aromatic rings. The molecule has 2 aliphatic rings. The van der Waals surface area contributed by atoms with E-state index in [0.717, 1.165) is 25.3 Å². The number of guanidine groups is 2. The van der Waals surface area contributed by atoms with Crippen molar-refractivity contribution >= 4 is 29.4 Å². The fourth-order valence-electron chi connectivity index (χ4n) is 4.35. The molecule has 2 aromatic carbocycles. The van der Waals surface area contributed by atoms with Gasteiger partial charge in [0.05, 0.1) is 24.8 Å². The summed E-state index contributed by atoms with van der Waals surface area (Å²) >= 11 is 0. The highest BCUT2D eigenvalue weighted by molar-refractivity contribution is 6.17. The van der Waals surface area contributed by atoms with Crippen LogP contribution in [0.5, 0.6) is 0 Å². The molecule has 7 nitrogen and oxygen atoms in total. The number of benzene rings is 2. The van der Waals surface area contributed by atoms with Gasteiger partial charge in [-0.2, -0.15) is 4.99 Å². The molecule has 202 valence electrons. The lowest BCUT2D eigenvalue weighted by atomic mass is 10.0. The number of amides is 2. The first kappa shape index (κ1) is 27.2. The molecule has 0 aromatic heterocycles. The van der Waals surface area contributed by atoms with Crippen molar-refractivity contribution in [2.45, 2.75) is 45.8 Å². The number of aliphatic imine (C=N–C) groups is 2. The number of urea groups is 1. The van der Waals surface area contributed by atoms with E-state index in [1.807, 2.05) is 0 Å². The molecule has 0 saturated heterocycles. The number of nitrogens with zero attached hydrogens (tertiary/aromatic N) is 4. The number of hydrogen-bond acceptors (Lipinski definition) is 5. The third kappa shape index (κ3) is 5.23. The summed E-state index contributed by atoms with van der Waals surface area (Å²) < 4.78 is 62.0. The molecule has 38 heavy (non-hydrogen) atoms. The molecular formula is C27H29F4N5O2. The smallest absolute Gasteiger partial charge is 0.353 e. The van der Waals surface area contributed by atoms with Crippen molar-refractivity contribution in [2.24, 2.45) is 9.98 Å². The van der Waals surface area contributed by atoms with Gasteiger partial charge in [0.2, 0.25) is 11.9 Å². The largest absolute Gasteiger partial charge is 0.493 e. The molecule has 1 N–H and O–H groups in total. The average Bonchev–Trinajstić information content (AvgIpc) is 3.33. The van der Waals surface area contributed by atoms with Crippen molar-refractivity contribution in [2.75, 3.05) is 25.5 Å². The van der Waals surface area contributed by atoms with E-state index in [0.29, 0.717) is 17.9 Å². The highest BCUT2D eigenvalue weighted by Crippen LogP contribution is 2.34. The topological polar surface area (TPSA) is 69.5 Å². The summed E-state index contributed by atoms with van der Waals surface area (Å²) in [6.07, 6.45) is 2.80. The van der Waals surface area contributed by atoms with Gasteiger partial charge in [0, 0.05) is 18.3 Å². The highest BCUT2D eigenvalue weighted by atomic mass is 19.2. The lowest BCUT2D eigenvalue weighted by Crippen LogP contribution is -2.53. The van der Waals surface area contributed by atoms with Gasteiger partial charge in [0.25, 0.3) is 0 Å². The lowest BCUT2D eigenvalue weighted by Gasteiger charge is -2.35. The monoisotopic (exact) mass is 531 g/mol. The Labute approximate surface area is 218 Å². The maximum atomic E-state index is 14.8. The molecule has 4 rings (SSSR count). The van der Waals surface area contributed by atoms with Crippen LogP contribution < -0.4 is 5.32 Å². The van der Waals surface area contributed by atoms with Crippen LogP contribution in [-0.2, 0) is 11.4 Å². The Hall–Kier alpha value is -3.89. The SMILES string of the molecule is C=C(OCCCCC)c1cc(NC2=NC(=O)N(C)C3=NCC(c4cc(F)c(F)c(CF)c4)N23)c(C)cc1F. The van der Waals surface area contributed by atoms with Gasteiger partial charge in [-0.3, -0.25) is 9.80 Å². The third-order valence-electron chi connectivity index (χ3n) is 6.49. The fraction of sp³-hybridized carbons (Fsp3) is 0.370. The van der Waals surface area contributed by atoms with Crippen LogP contribution in [0.4, 0.5) is 28.0 Å². The first-order chi connectivity index (χ1) is 18.2. The number of ether oxygens (including phenoxy) is 1. The zero-order valence-electron chi connectivity index (χ0n) is 21.5. The second-order valence-corrected chi connectivity index (χ2v) is 9.16. The molecule has 0 aliphatic carbocycles. The molecule has 2 amide bonds. The van der Waals surface area contributed by atoms with Crippen LogP contribution in [0.2, 0.25) is 0 Å². The number of halogens is 4. The second-order valence-electron chi connectivity index (χ2n) is 9.16. The highest BCUT2D eigenvalue weighted by Gasteiger charge is 2.41. The van der Waals surface area contributed by atoms with E-state index in [2.05, 4.69) is 28.8 Å². The minimum Gasteiger partial charge on any atom is -0.493 e. The Bertz CT molecular complexity index is 1330. The van der Waals surface area contributed by atoms with E-state index in [4.69, 9.17) is 4.74 Å². The number of anilines is 1. The zero-order valence-corrected chi connectivity index (χ0v) is 21.5. The maximum Gasteiger partial charge on any atom is 0.353 e. The van der Waals surface area contributed by atoms with Crippen LogP contribution in [-0.4, -0.2) is 47.9 Å². The van der Waals surface area contributed by atoms with Crippen molar-refractivity contribution in [3.63, 3.8) is 0 Å². The second kappa shape index (κ2) is 11.2. The Morgan fingerprint density at radius 3 is 2.66 bits per heavy atom. The van der Waals surface area contributed by atoms with E-state index in [-0.39, 0.29) is 35.3 Å². The van der Waals surface area contributed by atoms with Crippen LogP contribution in [0.1, 0.15) is 54.5 Å². The number of carbonyl (C=O) groups is 1. The van der Waals surface area contributed by atoms with Crippen LogP contribution in [0, 0.1) is 24.4 Å². The van der Waals surface area contributed by atoms with Gasteiger partial charge in [0.1, 0.15) is 18.3 Å². The number of carbonyl (C=O) groups excluding carboxylic acids is 1. The van der Waals surface area contributed by atoms with E-state index >= 15 is 0 Å². The van der Waals surface area contributed by atoms with Gasteiger partial charge >= 0.3 is 6.03 Å².